The predicted octanol–water partition coefficient (Wildman–Crippen LogP) is 3.25. The molecule has 0 unspecified atom stereocenters. The Balaban J connectivity index is 1.87. The number of carbonyl (C=O) groups is 1. The molecule has 0 fully saturated rings. The zero-order chi connectivity index (χ0) is 21.1. The minimum atomic E-state index is -0.549. The molecular weight excluding hydrogens is 391 g/mol. The van der Waals surface area contributed by atoms with Gasteiger partial charge >= 0.3 is 5.97 Å². The minimum Gasteiger partial charge on any atom is -0.481 e. The van der Waals surface area contributed by atoms with E-state index < -0.39 is 11.8 Å². The molecule has 9 nitrogen and oxygen atoms in total. The lowest BCUT2D eigenvalue weighted by Gasteiger charge is -2.10. The van der Waals surface area contributed by atoms with Gasteiger partial charge in [0.15, 0.2) is 11.6 Å². The van der Waals surface area contributed by atoms with Crippen LogP contribution in [0.1, 0.15) is 17.3 Å². The maximum absolute atomic E-state index is 14.2. The number of fused-ring (bicyclic) bond motifs is 1. The molecular formula is C20H17FN6O3. The monoisotopic (exact) mass is 408 g/mol. The summed E-state index contributed by atoms with van der Waals surface area (Å²) < 4.78 is 25.8. The lowest BCUT2D eigenvalue weighted by molar-refractivity contribution is 0.0526. The highest BCUT2D eigenvalue weighted by Crippen LogP contribution is 2.26. The number of hydrogen-bond acceptors (Lipinski definition) is 8. The molecule has 4 aromatic rings. The van der Waals surface area contributed by atoms with Crippen LogP contribution in [0.4, 0.5) is 15.9 Å². The number of ether oxygens (including phenoxy) is 2. The first-order valence-corrected chi connectivity index (χ1v) is 9.04. The van der Waals surface area contributed by atoms with E-state index in [-0.39, 0.29) is 23.9 Å². The summed E-state index contributed by atoms with van der Waals surface area (Å²) in [6, 6.07) is 8.22. The van der Waals surface area contributed by atoms with Gasteiger partial charge in [-0.05, 0) is 25.1 Å². The van der Waals surface area contributed by atoms with Crippen molar-refractivity contribution in [3.8, 4) is 17.4 Å². The largest absolute Gasteiger partial charge is 0.481 e. The van der Waals surface area contributed by atoms with Gasteiger partial charge in [-0.15, -0.1) is 5.10 Å². The smallest absolute Gasteiger partial charge is 0.339 e. The summed E-state index contributed by atoms with van der Waals surface area (Å²) in [6.45, 7) is 1.96. The minimum absolute atomic E-state index is 0.175. The van der Waals surface area contributed by atoms with Crippen molar-refractivity contribution in [1.82, 2.24) is 24.6 Å². The van der Waals surface area contributed by atoms with Gasteiger partial charge in [0.25, 0.3) is 0 Å². The van der Waals surface area contributed by atoms with E-state index in [0.717, 1.165) is 6.20 Å². The lowest BCUT2D eigenvalue weighted by atomic mass is 10.3. The number of carbonyl (C=O) groups excluding carboxylic acids is 1. The summed E-state index contributed by atoms with van der Waals surface area (Å²) in [5.41, 5.74) is 1.37. The van der Waals surface area contributed by atoms with Crippen molar-refractivity contribution in [3.05, 3.63) is 60.3 Å². The second-order valence-corrected chi connectivity index (χ2v) is 6.11. The molecule has 0 radical (unpaired) electrons. The Morgan fingerprint density at radius 1 is 1.27 bits per heavy atom. The first-order chi connectivity index (χ1) is 14.6. The quantitative estimate of drug-likeness (QED) is 0.485. The molecule has 4 aromatic heterocycles. The van der Waals surface area contributed by atoms with Gasteiger partial charge in [0.05, 0.1) is 31.2 Å². The Kier molecular flexibility index (Phi) is 5.21. The molecule has 0 saturated carbocycles. The number of hydrogen-bond donors (Lipinski definition) is 1. The molecule has 4 heterocycles. The first-order valence-electron chi connectivity index (χ1n) is 9.04. The third kappa shape index (κ3) is 3.75. The van der Waals surface area contributed by atoms with Crippen LogP contribution in [0.25, 0.3) is 17.0 Å². The van der Waals surface area contributed by atoms with Crippen LogP contribution in [0.5, 0.6) is 5.88 Å². The molecule has 1 N–H and O–H groups in total. The molecule has 0 aliphatic rings. The van der Waals surface area contributed by atoms with Crippen LogP contribution in [-0.2, 0) is 4.74 Å². The fraction of sp³-hybridized carbons (Fsp3) is 0.150. The molecule has 152 valence electrons. The number of pyridine rings is 2. The van der Waals surface area contributed by atoms with Crippen LogP contribution in [-0.4, -0.2) is 44.3 Å². The second kappa shape index (κ2) is 8.11. The highest BCUT2D eigenvalue weighted by molar-refractivity contribution is 5.92. The van der Waals surface area contributed by atoms with Crippen molar-refractivity contribution in [1.29, 1.82) is 0 Å². The Hall–Kier alpha value is -4.08. The number of nitrogens with zero attached hydrogens (tertiary/aromatic N) is 5. The van der Waals surface area contributed by atoms with Gasteiger partial charge in [0, 0.05) is 18.5 Å². The van der Waals surface area contributed by atoms with Crippen molar-refractivity contribution in [2.24, 2.45) is 0 Å². The fourth-order valence-corrected chi connectivity index (χ4v) is 2.78. The highest BCUT2D eigenvalue weighted by atomic mass is 19.1. The summed E-state index contributed by atoms with van der Waals surface area (Å²) >= 11 is 0. The molecule has 0 amide bonds. The van der Waals surface area contributed by atoms with Crippen molar-refractivity contribution < 1.29 is 18.7 Å². The molecule has 0 saturated heterocycles. The molecule has 0 aliphatic carbocycles. The molecule has 0 spiro atoms. The Labute approximate surface area is 170 Å². The normalized spacial score (nSPS) is 10.8. The highest BCUT2D eigenvalue weighted by Gasteiger charge is 2.17. The van der Waals surface area contributed by atoms with Crippen molar-refractivity contribution in [3.63, 3.8) is 0 Å². The topological polar surface area (TPSA) is 104 Å². The SMILES string of the molecule is CCOC(=O)c1cc2c(Nc3ccncc3F)nc(-c3cccc(OC)n3)nn2c1. The number of anilines is 2. The lowest BCUT2D eigenvalue weighted by Crippen LogP contribution is -2.05. The molecule has 4 rings (SSSR count). The van der Waals surface area contributed by atoms with Crippen LogP contribution < -0.4 is 10.1 Å². The number of rotatable bonds is 6. The Morgan fingerprint density at radius 2 is 2.13 bits per heavy atom. The van der Waals surface area contributed by atoms with E-state index in [2.05, 4.69) is 25.4 Å². The maximum atomic E-state index is 14.2. The first kappa shape index (κ1) is 19.2. The van der Waals surface area contributed by atoms with Gasteiger partial charge in [0.2, 0.25) is 11.7 Å². The number of halogens is 1. The Morgan fingerprint density at radius 3 is 2.90 bits per heavy atom. The number of methoxy groups -OCH3 is 1. The number of aromatic nitrogens is 5. The van der Waals surface area contributed by atoms with Gasteiger partial charge in [0.1, 0.15) is 11.2 Å². The molecule has 0 atom stereocenters. The molecule has 0 aliphatic heterocycles. The van der Waals surface area contributed by atoms with Gasteiger partial charge in [-0.3, -0.25) is 4.98 Å². The van der Waals surface area contributed by atoms with Gasteiger partial charge in [-0.25, -0.2) is 23.7 Å². The number of esters is 1. The molecule has 30 heavy (non-hydrogen) atoms. The van der Waals surface area contributed by atoms with E-state index >= 15 is 0 Å². The summed E-state index contributed by atoms with van der Waals surface area (Å²) in [5.74, 6) is -0.113. The predicted molar refractivity (Wildman–Crippen MR) is 106 cm³/mol. The summed E-state index contributed by atoms with van der Waals surface area (Å²) in [7, 11) is 1.51. The molecule has 10 heteroatoms. The van der Waals surface area contributed by atoms with Crippen molar-refractivity contribution in [2.45, 2.75) is 6.92 Å². The number of nitrogens with one attached hydrogen (secondary N) is 1. The van der Waals surface area contributed by atoms with Crippen LogP contribution in [0.2, 0.25) is 0 Å². The van der Waals surface area contributed by atoms with Crippen molar-refractivity contribution >= 4 is 23.0 Å². The third-order valence-electron chi connectivity index (χ3n) is 4.16. The van der Waals surface area contributed by atoms with Gasteiger partial charge in [-0.1, -0.05) is 6.07 Å². The van der Waals surface area contributed by atoms with Crippen LogP contribution in [0, 0.1) is 5.82 Å². The third-order valence-corrected chi connectivity index (χ3v) is 4.16. The average molecular weight is 408 g/mol. The summed E-state index contributed by atoms with van der Waals surface area (Å²) in [5, 5.41) is 7.38. The van der Waals surface area contributed by atoms with E-state index in [4.69, 9.17) is 9.47 Å². The fourth-order valence-electron chi connectivity index (χ4n) is 2.78. The van der Waals surface area contributed by atoms with Crippen molar-refractivity contribution in [2.75, 3.05) is 19.0 Å². The van der Waals surface area contributed by atoms with Crippen LogP contribution in [0.3, 0.4) is 0 Å². The van der Waals surface area contributed by atoms with Crippen LogP contribution in [0.15, 0.2) is 48.9 Å². The zero-order valence-corrected chi connectivity index (χ0v) is 16.2. The molecule has 0 aromatic carbocycles. The van der Waals surface area contributed by atoms with Gasteiger partial charge in [-0.2, -0.15) is 0 Å². The van der Waals surface area contributed by atoms with Gasteiger partial charge < -0.3 is 14.8 Å². The maximum Gasteiger partial charge on any atom is 0.339 e. The summed E-state index contributed by atoms with van der Waals surface area (Å²) in [4.78, 5) is 24.8. The van der Waals surface area contributed by atoms with E-state index in [1.807, 2.05) is 0 Å². The van der Waals surface area contributed by atoms with E-state index in [0.29, 0.717) is 22.7 Å². The van der Waals surface area contributed by atoms with E-state index in [9.17, 15) is 9.18 Å². The molecule has 0 bridgehead atoms. The second-order valence-electron chi connectivity index (χ2n) is 6.11. The van der Waals surface area contributed by atoms with E-state index in [1.165, 1.54) is 30.1 Å². The average Bonchev–Trinajstić information content (AvgIpc) is 3.20. The standard InChI is InChI=1S/C20H17FN6O3/c1-3-30-20(28)12-9-16-19(24-14-7-8-22-10-13(14)21)25-18(26-27(16)11-12)15-5-4-6-17(23-15)29-2/h4-11H,3H2,1-2H3,(H,22,24,25,26). The zero-order valence-electron chi connectivity index (χ0n) is 16.2. The van der Waals surface area contributed by atoms with E-state index in [1.54, 1.807) is 31.2 Å². The van der Waals surface area contributed by atoms with Crippen LogP contribution >= 0.6 is 0 Å². The Bertz CT molecular complexity index is 1230. The summed E-state index contributed by atoms with van der Waals surface area (Å²) in [6.07, 6.45) is 4.07.